The Morgan fingerprint density at radius 1 is 1.04 bits per heavy atom. The highest BCUT2D eigenvalue weighted by atomic mass is 16.2. The molecule has 0 saturated carbocycles. The Kier molecular flexibility index (Phi) is 4.40. The van der Waals surface area contributed by atoms with Gasteiger partial charge in [-0.1, -0.05) is 36.4 Å². The first-order chi connectivity index (χ1) is 13.2. The topological polar surface area (TPSA) is 109 Å². The maximum atomic E-state index is 12.1. The molecule has 0 bridgehead atoms. The lowest BCUT2D eigenvalue weighted by Gasteiger charge is -2.09. The van der Waals surface area contributed by atoms with Crippen molar-refractivity contribution >= 4 is 28.6 Å². The van der Waals surface area contributed by atoms with Crippen LogP contribution in [0.5, 0.6) is 0 Å². The van der Waals surface area contributed by atoms with E-state index in [2.05, 4.69) is 25.8 Å². The molecule has 0 fully saturated rings. The van der Waals surface area contributed by atoms with Gasteiger partial charge in [0, 0.05) is 18.1 Å². The van der Waals surface area contributed by atoms with E-state index >= 15 is 0 Å². The van der Waals surface area contributed by atoms with E-state index in [4.69, 9.17) is 5.73 Å². The van der Waals surface area contributed by atoms with Gasteiger partial charge < -0.3 is 11.1 Å². The van der Waals surface area contributed by atoms with Gasteiger partial charge in [-0.05, 0) is 41.0 Å². The zero-order valence-electron chi connectivity index (χ0n) is 14.4. The van der Waals surface area contributed by atoms with Gasteiger partial charge >= 0.3 is 6.03 Å². The number of aromatic amines is 1. The van der Waals surface area contributed by atoms with Crippen molar-refractivity contribution in [1.29, 1.82) is 0 Å². The molecule has 0 aliphatic heterocycles. The van der Waals surface area contributed by atoms with Crippen LogP contribution in [0.2, 0.25) is 0 Å². The van der Waals surface area contributed by atoms with Crippen molar-refractivity contribution in [2.45, 2.75) is 6.54 Å². The number of anilines is 2. The Morgan fingerprint density at radius 2 is 1.85 bits per heavy atom. The van der Waals surface area contributed by atoms with Crippen LogP contribution < -0.4 is 16.4 Å². The van der Waals surface area contributed by atoms with E-state index in [1.807, 2.05) is 60.7 Å². The molecule has 2 aromatic carbocycles. The molecule has 134 valence electrons. The third kappa shape index (κ3) is 3.72. The fraction of sp³-hybridized carbons (Fsp3) is 0.0500. The van der Waals surface area contributed by atoms with Crippen LogP contribution in [0.3, 0.4) is 0 Å². The summed E-state index contributed by atoms with van der Waals surface area (Å²) in [6, 6.07) is 19.0. The number of H-pyrrole nitrogens is 1. The van der Waals surface area contributed by atoms with Crippen LogP contribution in [0.25, 0.3) is 22.0 Å². The molecule has 5 N–H and O–H groups in total. The van der Waals surface area contributed by atoms with Gasteiger partial charge in [0.05, 0.1) is 5.52 Å². The van der Waals surface area contributed by atoms with Crippen molar-refractivity contribution in [3.8, 4) is 11.1 Å². The second kappa shape index (κ2) is 7.17. The number of amides is 2. The molecular formula is C20H18N6O. The number of benzene rings is 2. The van der Waals surface area contributed by atoms with Crippen molar-refractivity contribution in [2.24, 2.45) is 0 Å². The summed E-state index contributed by atoms with van der Waals surface area (Å²) in [4.78, 5) is 16.3. The minimum absolute atomic E-state index is 0.307. The molecular weight excluding hydrogens is 340 g/mol. The minimum atomic E-state index is -0.307. The number of pyridine rings is 1. The number of nitrogens with zero attached hydrogens (tertiary/aromatic N) is 2. The van der Waals surface area contributed by atoms with E-state index < -0.39 is 0 Å². The van der Waals surface area contributed by atoms with Crippen molar-refractivity contribution in [2.75, 3.05) is 11.1 Å². The number of carbonyl (C=O) groups is 1. The maximum absolute atomic E-state index is 12.1. The molecule has 2 amide bonds. The number of aromatic nitrogens is 3. The molecule has 0 atom stereocenters. The molecule has 0 saturated heterocycles. The smallest absolute Gasteiger partial charge is 0.320 e. The Labute approximate surface area is 155 Å². The van der Waals surface area contributed by atoms with Crippen LogP contribution >= 0.6 is 0 Å². The average Bonchev–Trinajstić information content (AvgIpc) is 3.08. The van der Waals surface area contributed by atoms with Crippen molar-refractivity contribution in [1.82, 2.24) is 20.5 Å². The summed E-state index contributed by atoms with van der Waals surface area (Å²) in [5.41, 5.74) is 9.67. The van der Waals surface area contributed by atoms with Gasteiger partial charge in [-0.3, -0.25) is 10.4 Å². The molecule has 0 aliphatic carbocycles. The van der Waals surface area contributed by atoms with Gasteiger partial charge in [0.1, 0.15) is 5.82 Å². The normalized spacial score (nSPS) is 10.7. The molecule has 7 nitrogen and oxygen atoms in total. The van der Waals surface area contributed by atoms with Crippen LogP contribution in [0.15, 0.2) is 66.9 Å². The third-order valence-electron chi connectivity index (χ3n) is 4.22. The zero-order chi connectivity index (χ0) is 18.6. The lowest BCUT2D eigenvalue weighted by Crippen LogP contribution is -2.28. The number of urea groups is 1. The van der Waals surface area contributed by atoms with E-state index in [0.717, 1.165) is 27.6 Å². The quantitative estimate of drug-likeness (QED) is 0.447. The first kappa shape index (κ1) is 16.6. The van der Waals surface area contributed by atoms with E-state index in [1.165, 1.54) is 0 Å². The Morgan fingerprint density at radius 3 is 2.70 bits per heavy atom. The van der Waals surface area contributed by atoms with E-state index in [0.29, 0.717) is 18.2 Å². The first-order valence-corrected chi connectivity index (χ1v) is 8.48. The van der Waals surface area contributed by atoms with Crippen molar-refractivity contribution in [3.05, 3.63) is 72.4 Å². The molecule has 0 unspecified atom stereocenters. The molecule has 0 aliphatic rings. The first-order valence-electron chi connectivity index (χ1n) is 8.48. The number of carbonyl (C=O) groups excluding carboxylic acids is 1. The van der Waals surface area contributed by atoms with Crippen LogP contribution in [0, 0.1) is 0 Å². The third-order valence-corrected chi connectivity index (χ3v) is 4.22. The summed E-state index contributed by atoms with van der Waals surface area (Å²) in [5.74, 6) is 0.929. The molecule has 7 heteroatoms. The molecule has 4 rings (SSSR count). The zero-order valence-corrected chi connectivity index (χ0v) is 14.4. The van der Waals surface area contributed by atoms with Crippen LogP contribution in [-0.2, 0) is 6.54 Å². The Bertz CT molecular complexity index is 1090. The molecule has 0 radical (unpaired) electrons. The lowest BCUT2D eigenvalue weighted by atomic mass is 10.0. The van der Waals surface area contributed by atoms with Crippen LogP contribution in [0.4, 0.5) is 16.4 Å². The molecule has 2 heterocycles. The predicted molar refractivity (Wildman–Crippen MR) is 106 cm³/mol. The number of nitrogens with one attached hydrogen (secondary N) is 3. The highest BCUT2D eigenvalue weighted by molar-refractivity contribution is 5.93. The number of fused-ring (bicyclic) bond motifs is 1. The molecule has 27 heavy (non-hydrogen) atoms. The number of nitrogen functional groups attached to an aromatic ring is 1. The van der Waals surface area contributed by atoms with Gasteiger partial charge in [0.2, 0.25) is 0 Å². The van der Waals surface area contributed by atoms with Gasteiger partial charge in [-0.15, -0.1) is 0 Å². The van der Waals surface area contributed by atoms with Crippen molar-refractivity contribution < 1.29 is 4.79 Å². The molecule has 4 aromatic rings. The molecule has 0 spiro atoms. The van der Waals surface area contributed by atoms with Crippen molar-refractivity contribution in [3.63, 3.8) is 0 Å². The van der Waals surface area contributed by atoms with Gasteiger partial charge in [-0.2, -0.15) is 5.10 Å². The number of hydrogen-bond acceptors (Lipinski definition) is 4. The number of rotatable bonds is 4. The minimum Gasteiger partial charge on any atom is -0.382 e. The number of nitrogens with two attached hydrogens (primary N) is 1. The monoisotopic (exact) mass is 358 g/mol. The van der Waals surface area contributed by atoms with Crippen LogP contribution in [-0.4, -0.2) is 21.2 Å². The fourth-order valence-corrected chi connectivity index (χ4v) is 2.83. The van der Waals surface area contributed by atoms with Gasteiger partial charge in [0.25, 0.3) is 0 Å². The largest absolute Gasteiger partial charge is 0.382 e. The number of hydrogen-bond donors (Lipinski definition) is 4. The fourth-order valence-electron chi connectivity index (χ4n) is 2.83. The highest BCUT2D eigenvalue weighted by Gasteiger charge is 2.07. The summed E-state index contributed by atoms with van der Waals surface area (Å²) in [7, 11) is 0. The SMILES string of the molecule is Nc1n[nH]c2ccc(-c3ccnc(NC(=O)NCc4ccccc4)c3)cc12. The van der Waals surface area contributed by atoms with Crippen LogP contribution in [0.1, 0.15) is 5.56 Å². The Hall–Kier alpha value is -3.87. The van der Waals surface area contributed by atoms with Gasteiger partial charge in [-0.25, -0.2) is 9.78 Å². The molecule has 2 aromatic heterocycles. The summed E-state index contributed by atoms with van der Waals surface area (Å²) in [6.07, 6.45) is 1.66. The second-order valence-corrected chi connectivity index (χ2v) is 6.09. The predicted octanol–water partition coefficient (Wildman–Crippen LogP) is 3.53. The van der Waals surface area contributed by atoms with E-state index in [9.17, 15) is 4.79 Å². The second-order valence-electron chi connectivity index (χ2n) is 6.09. The maximum Gasteiger partial charge on any atom is 0.320 e. The Balaban J connectivity index is 1.48. The lowest BCUT2D eigenvalue weighted by molar-refractivity contribution is 0.251. The summed E-state index contributed by atoms with van der Waals surface area (Å²) >= 11 is 0. The average molecular weight is 358 g/mol. The highest BCUT2D eigenvalue weighted by Crippen LogP contribution is 2.27. The van der Waals surface area contributed by atoms with Gasteiger partial charge in [0.15, 0.2) is 5.82 Å². The van der Waals surface area contributed by atoms with E-state index in [-0.39, 0.29) is 6.03 Å². The standard InChI is InChI=1S/C20H18N6O/c21-19-16-10-14(6-7-17(16)25-26-19)15-8-9-22-18(11-15)24-20(27)23-12-13-4-2-1-3-5-13/h1-11H,12H2,(H3,21,25,26)(H2,22,23,24,27). The summed E-state index contributed by atoms with van der Waals surface area (Å²) in [6.45, 7) is 0.447. The summed E-state index contributed by atoms with van der Waals surface area (Å²) in [5, 5.41) is 13.3. The summed E-state index contributed by atoms with van der Waals surface area (Å²) < 4.78 is 0. The van der Waals surface area contributed by atoms with E-state index in [1.54, 1.807) is 6.20 Å².